The van der Waals surface area contributed by atoms with Crippen molar-refractivity contribution in [3.63, 3.8) is 0 Å². The van der Waals surface area contributed by atoms with E-state index < -0.39 is 0 Å². The number of benzene rings is 1. The average Bonchev–Trinajstić information content (AvgIpc) is 2.58. The monoisotopic (exact) mass is 181 g/mol. The third-order valence-electron chi connectivity index (χ3n) is 1.95. The molecule has 1 N–H and O–H groups in total. The lowest BCUT2D eigenvalue weighted by atomic mass is 10.1. The van der Waals surface area contributed by atoms with E-state index in [4.69, 9.17) is 0 Å². The fraction of sp³-hybridized carbons (Fsp3) is 0.200. The largest absolute Gasteiger partial charge is 0.309 e. The molecule has 12 heavy (non-hydrogen) atoms. The Bertz CT molecular complexity index is 266. The van der Waals surface area contributed by atoms with E-state index in [2.05, 4.69) is 35.7 Å². The fourth-order valence-electron chi connectivity index (χ4n) is 1.35. The number of hydrogen-bond donors (Lipinski definition) is 1. The molecular formula is C10H12ClN. The van der Waals surface area contributed by atoms with E-state index in [1.54, 1.807) is 0 Å². The van der Waals surface area contributed by atoms with Crippen LogP contribution < -0.4 is 5.32 Å². The third kappa shape index (κ3) is 1.87. The summed E-state index contributed by atoms with van der Waals surface area (Å²) < 4.78 is 0. The molecule has 0 unspecified atom stereocenters. The molecule has 0 atom stereocenters. The van der Waals surface area contributed by atoms with Crippen molar-refractivity contribution in [2.45, 2.75) is 0 Å². The lowest BCUT2D eigenvalue weighted by Gasteiger charge is -1.99. The second-order valence-corrected chi connectivity index (χ2v) is 2.73. The van der Waals surface area contributed by atoms with E-state index in [0.717, 1.165) is 13.1 Å². The normalized spacial score (nSPS) is 15.2. The molecule has 1 aromatic rings. The van der Waals surface area contributed by atoms with Crippen molar-refractivity contribution in [3.8, 4) is 0 Å². The molecule has 0 amide bonds. The molecule has 0 radical (unpaired) electrons. The number of rotatable bonds is 1. The van der Waals surface area contributed by atoms with Gasteiger partial charge in [-0.05, 0) is 11.1 Å². The second-order valence-electron chi connectivity index (χ2n) is 2.73. The van der Waals surface area contributed by atoms with Gasteiger partial charge < -0.3 is 5.32 Å². The molecule has 0 aliphatic carbocycles. The third-order valence-corrected chi connectivity index (χ3v) is 1.95. The van der Waals surface area contributed by atoms with E-state index in [9.17, 15) is 0 Å². The predicted octanol–water partition coefficient (Wildman–Crippen LogP) is 2.10. The maximum atomic E-state index is 3.28. The number of nitrogens with one attached hydrogen (secondary N) is 1. The molecule has 1 nitrogen and oxygen atoms in total. The standard InChI is InChI=1S/C10H11N.ClH/c1-2-4-9(5-3-1)10-6-7-11-8-10;/h1-6,11H,7-8H2;1H. The zero-order valence-corrected chi connectivity index (χ0v) is 7.60. The Morgan fingerprint density at radius 2 is 1.83 bits per heavy atom. The van der Waals surface area contributed by atoms with Gasteiger partial charge in [-0.25, -0.2) is 0 Å². The van der Waals surface area contributed by atoms with Crippen molar-refractivity contribution in [1.29, 1.82) is 0 Å². The minimum Gasteiger partial charge on any atom is -0.309 e. The van der Waals surface area contributed by atoms with Crippen LogP contribution in [0.1, 0.15) is 5.56 Å². The van der Waals surface area contributed by atoms with Crippen LogP contribution in [0.3, 0.4) is 0 Å². The summed E-state index contributed by atoms with van der Waals surface area (Å²) in [6, 6.07) is 10.5. The van der Waals surface area contributed by atoms with Crippen molar-refractivity contribution < 1.29 is 0 Å². The predicted molar refractivity (Wildman–Crippen MR) is 54.5 cm³/mol. The molecule has 0 fully saturated rings. The second kappa shape index (κ2) is 4.29. The summed E-state index contributed by atoms with van der Waals surface area (Å²) in [6.07, 6.45) is 2.25. The Morgan fingerprint density at radius 3 is 2.42 bits per heavy atom. The van der Waals surface area contributed by atoms with Crippen LogP contribution in [0, 0.1) is 0 Å². The summed E-state index contributed by atoms with van der Waals surface area (Å²) in [5.41, 5.74) is 2.77. The van der Waals surface area contributed by atoms with Gasteiger partial charge in [0.05, 0.1) is 0 Å². The first-order valence-corrected chi connectivity index (χ1v) is 3.92. The topological polar surface area (TPSA) is 12.0 Å². The summed E-state index contributed by atoms with van der Waals surface area (Å²) in [7, 11) is 0. The SMILES string of the molecule is C1=C(c2ccccc2)CNC1.Cl. The maximum Gasteiger partial charge on any atom is 0.0211 e. The molecule has 2 heteroatoms. The Labute approximate surface area is 78.9 Å². The van der Waals surface area contributed by atoms with Gasteiger partial charge in [0, 0.05) is 13.1 Å². The van der Waals surface area contributed by atoms with Gasteiger partial charge in [-0.15, -0.1) is 12.4 Å². The van der Waals surface area contributed by atoms with Gasteiger partial charge >= 0.3 is 0 Å². The zero-order chi connectivity index (χ0) is 7.52. The molecule has 1 heterocycles. The van der Waals surface area contributed by atoms with Crippen LogP contribution in [0.4, 0.5) is 0 Å². The molecule has 1 aliphatic rings. The van der Waals surface area contributed by atoms with Gasteiger partial charge in [-0.3, -0.25) is 0 Å². The van der Waals surface area contributed by atoms with E-state index in [-0.39, 0.29) is 12.4 Å². The summed E-state index contributed by atoms with van der Waals surface area (Å²) >= 11 is 0. The van der Waals surface area contributed by atoms with Crippen LogP contribution >= 0.6 is 12.4 Å². The van der Waals surface area contributed by atoms with Crippen LogP contribution in [-0.4, -0.2) is 13.1 Å². The minimum absolute atomic E-state index is 0. The first kappa shape index (κ1) is 9.30. The van der Waals surface area contributed by atoms with Crippen LogP contribution in [0.15, 0.2) is 36.4 Å². The van der Waals surface area contributed by atoms with Gasteiger partial charge in [0.25, 0.3) is 0 Å². The highest BCUT2D eigenvalue weighted by molar-refractivity contribution is 5.85. The van der Waals surface area contributed by atoms with Crippen molar-refractivity contribution in [1.82, 2.24) is 5.32 Å². The molecule has 2 rings (SSSR count). The molecule has 0 saturated carbocycles. The molecule has 64 valence electrons. The Morgan fingerprint density at radius 1 is 1.08 bits per heavy atom. The minimum atomic E-state index is 0. The van der Waals surface area contributed by atoms with E-state index in [1.807, 2.05) is 6.07 Å². The molecule has 1 aromatic carbocycles. The van der Waals surface area contributed by atoms with Crippen molar-refractivity contribution in [2.24, 2.45) is 0 Å². The molecule has 0 bridgehead atoms. The van der Waals surface area contributed by atoms with Crippen LogP contribution in [0.5, 0.6) is 0 Å². The van der Waals surface area contributed by atoms with Gasteiger partial charge in [0.15, 0.2) is 0 Å². The molecule has 0 saturated heterocycles. The zero-order valence-electron chi connectivity index (χ0n) is 6.79. The Hall–Kier alpha value is -0.790. The summed E-state index contributed by atoms with van der Waals surface area (Å²) in [6.45, 7) is 2.04. The average molecular weight is 182 g/mol. The highest BCUT2D eigenvalue weighted by Crippen LogP contribution is 2.14. The summed E-state index contributed by atoms with van der Waals surface area (Å²) in [4.78, 5) is 0. The van der Waals surface area contributed by atoms with E-state index in [0.29, 0.717) is 0 Å². The molecule has 0 spiro atoms. The van der Waals surface area contributed by atoms with Gasteiger partial charge in [-0.1, -0.05) is 36.4 Å². The first-order chi connectivity index (χ1) is 5.47. The van der Waals surface area contributed by atoms with Crippen LogP contribution in [0.25, 0.3) is 5.57 Å². The number of halogens is 1. The molecule has 1 aliphatic heterocycles. The van der Waals surface area contributed by atoms with E-state index in [1.165, 1.54) is 11.1 Å². The van der Waals surface area contributed by atoms with Crippen molar-refractivity contribution >= 4 is 18.0 Å². The maximum absolute atomic E-state index is 3.28. The highest BCUT2D eigenvalue weighted by atomic mass is 35.5. The van der Waals surface area contributed by atoms with Crippen LogP contribution in [0.2, 0.25) is 0 Å². The summed E-state index contributed by atoms with van der Waals surface area (Å²) in [5.74, 6) is 0. The van der Waals surface area contributed by atoms with Gasteiger partial charge in [0.2, 0.25) is 0 Å². The summed E-state index contributed by atoms with van der Waals surface area (Å²) in [5, 5.41) is 3.28. The lowest BCUT2D eigenvalue weighted by Crippen LogP contribution is -2.07. The van der Waals surface area contributed by atoms with Crippen molar-refractivity contribution in [2.75, 3.05) is 13.1 Å². The van der Waals surface area contributed by atoms with Crippen molar-refractivity contribution in [3.05, 3.63) is 42.0 Å². The van der Waals surface area contributed by atoms with Gasteiger partial charge in [-0.2, -0.15) is 0 Å². The van der Waals surface area contributed by atoms with Crippen LogP contribution in [-0.2, 0) is 0 Å². The van der Waals surface area contributed by atoms with Gasteiger partial charge in [0.1, 0.15) is 0 Å². The number of hydrogen-bond acceptors (Lipinski definition) is 1. The quantitative estimate of drug-likeness (QED) is 0.700. The molecule has 0 aromatic heterocycles. The Kier molecular flexibility index (Phi) is 3.32. The highest BCUT2D eigenvalue weighted by Gasteiger charge is 2.03. The lowest BCUT2D eigenvalue weighted by molar-refractivity contribution is 0.897. The Balaban J connectivity index is 0.000000720. The fourth-order valence-corrected chi connectivity index (χ4v) is 1.35. The molecular weight excluding hydrogens is 170 g/mol. The smallest absolute Gasteiger partial charge is 0.0211 e. The van der Waals surface area contributed by atoms with E-state index >= 15 is 0 Å². The first-order valence-electron chi connectivity index (χ1n) is 3.92.